The van der Waals surface area contributed by atoms with Crippen molar-refractivity contribution in [3.63, 3.8) is 0 Å². The molecule has 0 bridgehead atoms. The Labute approximate surface area is 107 Å². The van der Waals surface area contributed by atoms with Crippen LogP contribution in [-0.2, 0) is 6.54 Å². The van der Waals surface area contributed by atoms with Crippen LogP contribution in [0.25, 0.3) is 0 Å². The highest BCUT2D eigenvalue weighted by Crippen LogP contribution is 2.20. The molecule has 0 radical (unpaired) electrons. The standard InChI is InChI=1S/C13H21NO2S/c1-10(2)14-7-11-4-3-5-13(6-11)17-9-12(16)8-15/h3-6,10,12,14-16H,7-9H2,1-2H3. The predicted molar refractivity (Wildman–Crippen MR) is 72.2 cm³/mol. The van der Waals surface area contributed by atoms with Gasteiger partial charge in [0.2, 0.25) is 0 Å². The van der Waals surface area contributed by atoms with E-state index in [0.717, 1.165) is 11.4 Å². The van der Waals surface area contributed by atoms with E-state index in [2.05, 4.69) is 31.3 Å². The molecule has 0 spiro atoms. The van der Waals surface area contributed by atoms with Gasteiger partial charge < -0.3 is 15.5 Å². The lowest BCUT2D eigenvalue weighted by Crippen LogP contribution is -2.21. The van der Waals surface area contributed by atoms with Gasteiger partial charge in [-0.15, -0.1) is 11.8 Å². The zero-order chi connectivity index (χ0) is 12.7. The molecule has 0 aliphatic carbocycles. The van der Waals surface area contributed by atoms with Crippen molar-refractivity contribution in [3.8, 4) is 0 Å². The predicted octanol–water partition coefficient (Wildman–Crippen LogP) is 1.63. The molecule has 1 unspecified atom stereocenters. The summed E-state index contributed by atoms with van der Waals surface area (Å²) in [6.45, 7) is 4.92. The van der Waals surface area contributed by atoms with Crippen molar-refractivity contribution < 1.29 is 10.2 Å². The summed E-state index contributed by atoms with van der Waals surface area (Å²) in [6, 6.07) is 8.72. The number of aliphatic hydroxyl groups is 2. The number of rotatable bonds is 7. The summed E-state index contributed by atoms with van der Waals surface area (Å²) < 4.78 is 0. The monoisotopic (exact) mass is 255 g/mol. The molecule has 0 aliphatic heterocycles. The Morgan fingerprint density at radius 1 is 1.35 bits per heavy atom. The van der Waals surface area contributed by atoms with Crippen LogP contribution in [-0.4, -0.2) is 34.7 Å². The van der Waals surface area contributed by atoms with Gasteiger partial charge in [-0.25, -0.2) is 0 Å². The van der Waals surface area contributed by atoms with Crippen LogP contribution in [0, 0.1) is 0 Å². The highest BCUT2D eigenvalue weighted by atomic mass is 32.2. The summed E-state index contributed by atoms with van der Waals surface area (Å²) in [7, 11) is 0. The molecule has 0 fully saturated rings. The molecule has 0 aromatic heterocycles. The maximum atomic E-state index is 9.28. The van der Waals surface area contributed by atoms with Crippen molar-refractivity contribution in [2.24, 2.45) is 0 Å². The average Bonchev–Trinajstić information content (AvgIpc) is 2.34. The first-order chi connectivity index (χ1) is 8.11. The molecular weight excluding hydrogens is 234 g/mol. The molecule has 0 saturated carbocycles. The number of hydrogen-bond acceptors (Lipinski definition) is 4. The molecule has 3 N–H and O–H groups in total. The van der Waals surface area contributed by atoms with Crippen molar-refractivity contribution in [1.29, 1.82) is 0 Å². The molecule has 1 rings (SSSR count). The third kappa shape index (κ3) is 6.07. The van der Waals surface area contributed by atoms with Crippen LogP contribution in [0.3, 0.4) is 0 Å². The third-order valence-corrected chi connectivity index (χ3v) is 3.40. The fourth-order valence-electron chi connectivity index (χ4n) is 1.31. The molecule has 3 nitrogen and oxygen atoms in total. The van der Waals surface area contributed by atoms with Crippen LogP contribution in [0.5, 0.6) is 0 Å². The second kappa shape index (κ2) is 7.71. The Morgan fingerprint density at radius 2 is 2.12 bits per heavy atom. The van der Waals surface area contributed by atoms with Gasteiger partial charge in [0.15, 0.2) is 0 Å². The van der Waals surface area contributed by atoms with E-state index in [4.69, 9.17) is 5.11 Å². The minimum atomic E-state index is -0.641. The van der Waals surface area contributed by atoms with Gasteiger partial charge in [0.1, 0.15) is 0 Å². The minimum absolute atomic E-state index is 0.179. The van der Waals surface area contributed by atoms with E-state index in [0.29, 0.717) is 11.8 Å². The van der Waals surface area contributed by atoms with Gasteiger partial charge in [-0.3, -0.25) is 0 Å². The largest absolute Gasteiger partial charge is 0.394 e. The lowest BCUT2D eigenvalue weighted by molar-refractivity contribution is 0.113. The molecule has 17 heavy (non-hydrogen) atoms. The van der Waals surface area contributed by atoms with E-state index < -0.39 is 6.10 Å². The number of nitrogens with one attached hydrogen (secondary N) is 1. The summed E-state index contributed by atoms with van der Waals surface area (Å²) >= 11 is 1.56. The average molecular weight is 255 g/mol. The fraction of sp³-hybridized carbons (Fsp3) is 0.538. The molecule has 96 valence electrons. The first kappa shape index (κ1) is 14.5. The molecule has 0 aliphatic rings. The van der Waals surface area contributed by atoms with Crippen LogP contribution in [0.1, 0.15) is 19.4 Å². The second-order valence-electron chi connectivity index (χ2n) is 4.33. The molecular formula is C13H21NO2S. The van der Waals surface area contributed by atoms with Crippen molar-refractivity contribution in [3.05, 3.63) is 29.8 Å². The molecule has 1 aromatic carbocycles. The van der Waals surface area contributed by atoms with Gasteiger partial charge in [-0.1, -0.05) is 26.0 Å². The molecule has 1 atom stereocenters. The van der Waals surface area contributed by atoms with E-state index >= 15 is 0 Å². The molecule has 4 heteroatoms. The van der Waals surface area contributed by atoms with E-state index in [-0.39, 0.29) is 6.61 Å². The smallest absolute Gasteiger partial charge is 0.0864 e. The van der Waals surface area contributed by atoms with Crippen LogP contribution in [0.4, 0.5) is 0 Å². The normalized spacial score (nSPS) is 13.0. The quantitative estimate of drug-likeness (QED) is 0.648. The fourth-order valence-corrected chi connectivity index (χ4v) is 2.21. The Kier molecular flexibility index (Phi) is 6.58. The second-order valence-corrected chi connectivity index (χ2v) is 5.42. The van der Waals surface area contributed by atoms with E-state index in [1.807, 2.05) is 12.1 Å². The highest BCUT2D eigenvalue weighted by Gasteiger charge is 2.03. The van der Waals surface area contributed by atoms with Gasteiger partial charge in [-0.05, 0) is 17.7 Å². The maximum absolute atomic E-state index is 9.28. The molecule has 1 aromatic rings. The molecule has 0 saturated heterocycles. The minimum Gasteiger partial charge on any atom is -0.394 e. The zero-order valence-corrected chi connectivity index (χ0v) is 11.2. The Bertz CT molecular complexity index is 331. The first-order valence-electron chi connectivity index (χ1n) is 5.86. The van der Waals surface area contributed by atoms with Crippen molar-refractivity contribution in [2.45, 2.75) is 37.4 Å². The van der Waals surface area contributed by atoms with E-state index in [9.17, 15) is 5.11 Å². The SMILES string of the molecule is CC(C)NCc1cccc(SCC(O)CO)c1. The topological polar surface area (TPSA) is 52.5 Å². The van der Waals surface area contributed by atoms with Crippen molar-refractivity contribution >= 4 is 11.8 Å². The van der Waals surface area contributed by atoms with Crippen LogP contribution in [0.2, 0.25) is 0 Å². The molecule has 0 amide bonds. The number of thioether (sulfide) groups is 1. The molecule has 0 heterocycles. The van der Waals surface area contributed by atoms with Crippen LogP contribution >= 0.6 is 11.8 Å². The summed E-state index contributed by atoms with van der Waals surface area (Å²) in [5.74, 6) is 0.525. The van der Waals surface area contributed by atoms with Gasteiger partial charge in [0.05, 0.1) is 12.7 Å². The summed E-state index contributed by atoms with van der Waals surface area (Å²) in [5, 5.41) is 21.4. The highest BCUT2D eigenvalue weighted by molar-refractivity contribution is 7.99. The van der Waals surface area contributed by atoms with Gasteiger partial charge in [0.25, 0.3) is 0 Å². The van der Waals surface area contributed by atoms with Crippen LogP contribution in [0.15, 0.2) is 29.2 Å². The van der Waals surface area contributed by atoms with E-state index in [1.54, 1.807) is 11.8 Å². The van der Waals surface area contributed by atoms with Gasteiger partial charge >= 0.3 is 0 Å². The van der Waals surface area contributed by atoms with Gasteiger partial charge in [0, 0.05) is 23.2 Å². The first-order valence-corrected chi connectivity index (χ1v) is 6.84. The van der Waals surface area contributed by atoms with E-state index in [1.165, 1.54) is 5.56 Å². The van der Waals surface area contributed by atoms with Gasteiger partial charge in [-0.2, -0.15) is 0 Å². The lowest BCUT2D eigenvalue weighted by atomic mass is 10.2. The summed E-state index contributed by atoms with van der Waals surface area (Å²) in [5.41, 5.74) is 1.24. The Hall–Kier alpha value is -0.550. The Morgan fingerprint density at radius 3 is 2.76 bits per heavy atom. The number of benzene rings is 1. The number of hydrogen-bond donors (Lipinski definition) is 3. The maximum Gasteiger partial charge on any atom is 0.0864 e. The van der Waals surface area contributed by atoms with Crippen molar-refractivity contribution in [1.82, 2.24) is 5.32 Å². The Balaban J connectivity index is 2.47. The van der Waals surface area contributed by atoms with Crippen molar-refractivity contribution in [2.75, 3.05) is 12.4 Å². The zero-order valence-electron chi connectivity index (χ0n) is 10.4. The summed E-state index contributed by atoms with van der Waals surface area (Å²) in [6.07, 6.45) is -0.641. The lowest BCUT2D eigenvalue weighted by Gasteiger charge is -2.10. The number of aliphatic hydroxyl groups excluding tert-OH is 2. The van der Waals surface area contributed by atoms with Crippen LogP contribution < -0.4 is 5.32 Å². The summed E-state index contributed by atoms with van der Waals surface area (Å²) in [4.78, 5) is 1.13. The third-order valence-electron chi connectivity index (χ3n) is 2.27.